The van der Waals surface area contributed by atoms with E-state index < -0.39 is 0 Å². The molecule has 0 fully saturated rings. The van der Waals surface area contributed by atoms with Gasteiger partial charge < -0.3 is 9.72 Å². The van der Waals surface area contributed by atoms with Gasteiger partial charge in [0, 0.05) is 29.5 Å². The van der Waals surface area contributed by atoms with Crippen LogP contribution < -0.4 is 10.3 Å². The fourth-order valence-corrected chi connectivity index (χ4v) is 2.78. The van der Waals surface area contributed by atoms with Crippen LogP contribution in [0.1, 0.15) is 5.56 Å². The van der Waals surface area contributed by atoms with Crippen molar-refractivity contribution >= 4 is 11.2 Å². The standard InChI is InChI=1S/C20H13N5O2/c1-27-17-10-14(7-8-22-17)18-19(13-4-2-3-12(9-13)11-21)25-20-15(23-18)5-6-16(26)24-20/h2-10H,1H3,(H,24,25,26). The zero-order chi connectivity index (χ0) is 18.8. The second-order valence-electron chi connectivity index (χ2n) is 5.76. The lowest BCUT2D eigenvalue weighted by Gasteiger charge is -2.11. The maximum absolute atomic E-state index is 11.7. The molecule has 0 aliphatic heterocycles. The number of hydrogen-bond donors (Lipinski definition) is 1. The van der Waals surface area contributed by atoms with Gasteiger partial charge in [0.2, 0.25) is 11.4 Å². The second-order valence-corrected chi connectivity index (χ2v) is 5.76. The Kier molecular flexibility index (Phi) is 4.07. The van der Waals surface area contributed by atoms with Crippen molar-refractivity contribution in [3.05, 3.63) is 70.6 Å². The molecule has 3 aromatic heterocycles. The predicted molar refractivity (Wildman–Crippen MR) is 100 cm³/mol. The Morgan fingerprint density at radius 1 is 1.04 bits per heavy atom. The number of nitriles is 1. The number of ether oxygens (including phenoxy) is 1. The molecule has 0 amide bonds. The fraction of sp³-hybridized carbons (Fsp3) is 0.0500. The molecule has 4 aromatic rings. The molecule has 7 heteroatoms. The fourth-order valence-electron chi connectivity index (χ4n) is 2.78. The van der Waals surface area contributed by atoms with Crippen LogP contribution in [0.2, 0.25) is 0 Å². The molecule has 0 aliphatic rings. The molecule has 4 rings (SSSR count). The van der Waals surface area contributed by atoms with Crippen molar-refractivity contribution in [3.63, 3.8) is 0 Å². The molecule has 130 valence electrons. The smallest absolute Gasteiger partial charge is 0.249 e. The van der Waals surface area contributed by atoms with Crippen LogP contribution in [0.5, 0.6) is 5.88 Å². The van der Waals surface area contributed by atoms with Crippen LogP contribution in [-0.2, 0) is 0 Å². The topological polar surface area (TPSA) is 105 Å². The molecule has 0 bridgehead atoms. The third-order valence-electron chi connectivity index (χ3n) is 4.04. The number of aromatic amines is 1. The van der Waals surface area contributed by atoms with Gasteiger partial charge in [0.25, 0.3) is 0 Å². The number of H-pyrrole nitrogens is 1. The molecule has 0 saturated heterocycles. The van der Waals surface area contributed by atoms with Gasteiger partial charge in [0.15, 0.2) is 5.65 Å². The Labute approximate surface area is 154 Å². The van der Waals surface area contributed by atoms with E-state index in [0.29, 0.717) is 34.0 Å². The predicted octanol–water partition coefficient (Wildman–Crippen LogP) is 2.93. The average molecular weight is 355 g/mol. The first kappa shape index (κ1) is 16.4. The van der Waals surface area contributed by atoms with Gasteiger partial charge >= 0.3 is 0 Å². The summed E-state index contributed by atoms with van der Waals surface area (Å²) in [5.41, 5.74) is 3.82. The number of benzene rings is 1. The highest BCUT2D eigenvalue weighted by atomic mass is 16.5. The monoisotopic (exact) mass is 355 g/mol. The molecule has 0 aliphatic carbocycles. The van der Waals surface area contributed by atoms with Gasteiger partial charge in [0.1, 0.15) is 5.52 Å². The number of hydrogen-bond acceptors (Lipinski definition) is 6. The van der Waals surface area contributed by atoms with Crippen LogP contribution >= 0.6 is 0 Å². The first-order valence-corrected chi connectivity index (χ1v) is 8.10. The van der Waals surface area contributed by atoms with Crippen molar-refractivity contribution in [2.24, 2.45) is 0 Å². The number of methoxy groups -OCH3 is 1. The minimum absolute atomic E-state index is 0.258. The van der Waals surface area contributed by atoms with Gasteiger partial charge in [-0.15, -0.1) is 0 Å². The summed E-state index contributed by atoms with van der Waals surface area (Å²) >= 11 is 0. The summed E-state index contributed by atoms with van der Waals surface area (Å²) in [5.74, 6) is 0.451. The van der Waals surface area contributed by atoms with Gasteiger partial charge in [-0.25, -0.2) is 15.0 Å². The van der Waals surface area contributed by atoms with Gasteiger partial charge in [-0.2, -0.15) is 5.26 Å². The van der Waals surface area contributed by atoms with Gasteiger partial charge in [0.05, 0.1) is 30.1 Å². The van der Waals surface area contributed by atoms with E-state index in [-0.39, 0.29) is 5.56 Å². The first-order chi connectivity index (χ1) is 13.2. The Hall–Kier alpha value is -4.05. The number of pyridine rings is 2. The molecule has 0 radical (unpaired) electrons. The third-order valence-corrected chi connectivity index (χ3v) is 4.04. The molecular formula is C20H13N5O2. The third kappa shape index (κ3) is 3.12. The van der Waals surface area contributed by atoms with E-state index in [2.05, 4.69) is 21.0 Å². The highest BCUT2D eigenvalue weighted by Crippen LogP contribution is 2.31. The number of rotatable bonds is 3. The summed E-state index contributed by atoms with van der Waals surface area (Å²) in [5, 5.41) is 9.21. The lowest BCUT2D eigenvalue weighted by atomic mass is 10.0. The van der Waals surface area contributed by atoms with Crippen LogP contribution in [0.15, 0.2) is 59.5 Å². The van der Waals surface area contributed by atoms with Crippen LogP contribution in [-0.4, -0.2) is 27.0 Å². The van der Waals surface area contributed by atoms with Crippen LogP contribution in [0.3, 0.4) is 0 Å². The summed E-state index contributed by atoms with van der Waals surface area (Å²) in [7, 11) is 1.54. The SMILES string of the molecule is COc1cc(-c2nc3ccc(=O)[nH]c3nc2-c2cccc(C#N)c2)ccn1. The number of aromatic nitrogens is 4. The maximum atomic E-state index is 11.7. The molecule has 7 nitrogen and oxygen atoms in total. The molecule has 0 spiro atoms. The van der Waals surface area contributed by atoms with E-state index >= 15 is 0 Å². The molecule has 3 heterocycles. The van der Waals surface area contributed by atoms with Gasteiger partial charge in [-0.3, -0.25) is 4.79 Å². The normalized spacial score (nSPS) is 10.5. The summed E-state index contributed by atoms with van der Waals surface area (Å²) < 4.78 is 5.21. The molecule has 0 atom stereocenters. The Morgan fingerprint density at radius 2 is 1.85 bits per heavy atom. The summed E-state index contributed by atoms with van der Waals surface area (Å²) in [4.78, 5) is 27.8. The minimum atomic E-state index is -0.258. The molecule has 27 heavy (non-hydrogen) atoms. The van der Waals surface area contributed by atoms with E-state index in [1.54, 1.807) is 43.6 Å². The highest BCUT2D eigenvalue weighted by Gasteiger charge is 2.15. The lowest BCUT2D eigenvalue weighted by Crippen LogP contribution is -2.06. The van der Waals surface area contributed by atoms with Crippen molar-refractivity contribution in [2.45, 2.75) is 0 Å². The van der Waals surface area contributed by atoms with Crippen molar-refractivity contribution in [3.8, 4) is 34.5 Å². The van der Waals surface area contributed by atoms with Crippen LogP contribution in [0, 0.1) is 11.3 Å². The average Bonchev–Trinajstić information content (AvgIpc) is 2.72. The molecule has 0 saturated carbocycles. The van der Waals surface area contributed by atoms with Crippen LogP contribution in [0.25, 0.3) is 33.7 Å². The van der Waals surface area contributed by atoms with Crippen molar-refractivity contribution in [1.82, 2.24) is 19.9 Å². The number of nitrogens with one attached hydrogen (secondary N) is 1. The van der Waals surface area contributed by atoms with Crippen LogP contribution in [0.4, 0.5) is 0 Å². The first-order valence-electron chi connectivity index (χ1n) is 8.10. The lowest BCUT2D eigenvalue weighted by molar-refractivity contribution is 0.398. The second kappa shape index (κ2) is 6.69. The van der Waals surface area contributed by atoms with E-state index in [9.17, 15) is 10.1 Å². The Bertz CT molecular complexity index is 1260. The van der Waals surface area contributed by atoms with Gasteiger partial charge in [-0.05, 0) is 24.3 Å². The zero-order valence-corrected chi connectivity index (χ0v) is 14.3. The largest absolute Gasteiger partial charge is 0.481 e. The van der Waals surface area contributed by atoms with Crippen molar-refractivity contribution < 1.29 is 4.74 Å². The molecule has 0 unspecified atom stereocenters. The Balaban J connectivity index is 2.04. The molecule has 1 aromatic carbocycles. The molecule has 1 N–H and O–H groups in total. The minimum Gasteiger partial charge on any atom is -0.481 e. The van der Waals surface area contributed by atoms with E-state index in [1.165, 1.54) is 6.07 Å². The summed E-state index contributed by atoms with van der Waals surface area (Å²) in [6, 6.07) is 15.8. The van der Waals surface area contributed by atoms with Crippen molar-refractivity contribution in [2.75, 3.05) is 7.11 Å². The number of fused-ring (bicyclic) bond motifs is 1. The van der Waals surface area contributed by atoms with E-state index in [0.717, 1.165) is 11.1 Å². The quantitative estimate of drug-likeness (QED) is 0.606. The van der Waals surface area contributed by atoms with Gasteiger partial charge in [-0.1, -0.05) is 12.1 Å². The molecular weight excluding hydrogens is 342 g/mol. The van der Waals surface area contributed by atoms with E-state index in [1.807, 2.05) is 12.1 Å². The summed E-state index contributed by atoms with van der Waals surface area (Å²) in [6.07, 6.45) is 1.63. The highest BCUT2D eigenvalue weighted by molar-refractivity contribution is 5.84. The van der Waals surface area contributed by atoms with E-state index in [4.69, 9.17) is 9.72 Å². The Morgan fingerprint density at radius 3 is 2.67 bits per heavy atom. The summed E-state index contributed by atoms with van der Waals surface area (Å²) in [6.45, 7) is 0. The maximum Gasteiger partial charge on any atom is 0.249 e. The number of nitrogens with zero attached hydrogens (tertiary/aromatic N) is 4. The zero-order valence-electron chi connectivity index (χ0n) is 14.3. The van der Waals surface area contributed by atoms with Crippen molar-refractivity contribution in [1.29, 1.82) is 5.26 Å².